The molecule has 2 heterocycles. The fourth-order valence-electron chi connectivity index (χ4n) is 3.83. The molecule has 4 rings (SSSR count). The third-order valence-electron chi connectivity index (χ3n) is 5.46. The van der Waals surface area contributed by atoms with Crippen LogP contribution in [0.2, 0.25) is 0 Å². The van der Waals surface area contributed by atoms with Crippen LogP contribution in [-0.4, -0.2) is 23.5 Å². The minimum absolute atomic E-state index is 0.400. The number of carbonyl (C=O) groups is 2. The molecule has 1 aliphatic carbocycles. The average Bonchev–Trinajstić information content (AvgIpc) is 3.19. The number of amides is 1. The number of thiophene rings is 1. The number of nitriles is 1. The van der Waals surface area contributed by atoms with E-state index < -0.39 is 23.5 Å². The SMILES string of the molecule is C[C@H](OC(=O)c1cc2c(s1)-c1ccccc1OC2)C(=O)NC1(C#N)CCCCC1. The van der Waals surface area contributed by atoms with E-state index in [0.717, 1.165) is 41.0 Å². The molecule has 150 valence electrons. The molecule has 1 aliphatic heterocycles. The summed E-state index contributed by atoms with van der Waals surface area (Å²) in [6.45, 7) is 1.93. The van der Waals surface area contributed by atoms with Gasteiger partial charge in [-0.2, -0.15) is 5.26 Å². The number of ether oxygens (including phenoxy) is 2. The second kappa shape index (κ2) is 7.88. The largest absolute Gasteiger partial charge is 0.488 e. The Balaban J connectivity index is 1.44. The third-order valence-corrected chi connectivity index (χ3v) is 6.65. The summed E-state index contributed by atoms with van der Waals surface area (Å²) < 4.78 is 11.1. The summed E-state index contributed by atoms with van der Waals surface area (Å²) in [5.74, 6) is -0.181. The molecule has 1 aromatic heterocycles. The first-order valence-corrected chi connectivity index (χ1v) is 10.6. The van der Waals surface area contributed by atoms with Crippen molar-refractivity contribution >= 4 is 23.2 Å². The van der Waals surface area contributed by atoms with E-state index >= 15 is 0 Å². The van der Waals surface area contributed by atoms with Gasteiger partial charge in [0.25, 0.3) is 5.91 Å². The molecule has 29 heavy (non-hydrogen) atoms. The molecule has 1 N–H and O–H groups in total. The van der Waals surface area contributed by atoms with Crippen molar-refractivity contribution < 1.29 is 19.1 Å². The van der Waals surface area contributed by atoms with E-state index in [9.17, 15) is 14.9 Å². The summed E-state index contributed by atoms with van der Waals surface area (Å²) in [7, 11) is 0. The summed E-state index contributed by atoms with van der Waals surface area (Å²) >= 11 is 1.34. The van der Waals surface area contributed by atoms with Gasteiger partial charge in [0.15, 0.2) is 6.10 Å². The molecule has 0 spiro atoms. The van der Waals surface area contributed by atoms with E-state index in [4.69, 9.17) is 9.47 Å². The molecule has 0 unspecified atom stereocenters. The van der Waals surface area contributed by atoms with E-state index in [1.54, 1.807) is 6.07 Å². The molecule has 0 radical (unpaired) electrons. The number of hydrogen-bond donors (Lipinski definition) is 1. The van der Waals surface area contributed by atoms with Crippen LogP contribution in [0.25, 0.3) is 10.4 Å². The van der Waals surface area contributed by atoms with Gasteiger partial charge < -0.3 is 14.8 Å². The highest BCUT2D eigenvalue weighted by Crippen LogP contribution is 2.42. The van der Waals surface area contributed by atoms with Gasteiger partial charge in [-0.3, -0.25) is 4.79 Å². The maximum atomic E-state index is 12.6. The number of benzene rings is 1. The van der Waals surface area contributed by atoms with Gasteiger partial charge in [-0.1, -0.05) is 31.4 Å². The van der Waals surface area contributed by atoms with Gasteiger partial charge in [-0.05, 0) is 38.0 Å². The number of para-hydroxylation sites is 1. The van der Waals surface area contributed by atoms with Crippen molar-refractivity contribution in [1.82, 2.24) is 5.32 Å². The third kappa shape index (κ3) is 3.85. The van der Waals surface area contributed by atoms with Crippen LogP contribution in [0.3, 0.4) is 0 Å². The second-order valence-electron chi connectivity index (χ2n) is 7.54. The van der Waals surface area contributed by atoms with Crippen LogP contribution in [0.5, 0.6) is 5.75 Å². The summed E-state index contributed by atoms with van der Waals surface area (Å²) in [5.41, 5.74) is 1.04. The van der Waals surface area contributed by atoms with Crippen LogP contribution in [-0.2, 0) is 16.1 Å². The highest BCUT2D eigenvalue weighted by atomic mass is 32.1. The van der Waals surface area contributed by atoms with Gasteiger partial charge in [0.2, 0.25) is 0 Å². The lowest BCUT2D eigenvalue weighted by Gasteiger charge is -2.32. The quantitative estimate of drug-likeness (QED) is 0.764. The Labute approximate surface area is 173 Å². The molecule has 0 saturated heterocycles. The van der Waals surface area contributed by atoms with Crippen molar-refractivity contribution in [3.8, 4) is 22.3 Å². The zero-order valence-corrected chi connectivity index (χ0v) is 17.0. The van der Waals surface area contributed by atoms with Crippen molar-refractivity contribution in [2.24, 2.45) is 0 Å². The molecule has 0 bridgehead atoms. The Hall–Kier alpha value is -2.85. The topological polar surface area (TPSA) is 88.4 Å². The highest BCUT2D eigenvalue weighted by molar-refractivity contribution is 7.17. The van der Waals surface area contributed by atoms with E-state index in [-0.39, 0.29) is 0 Å². The smallest absolute Gasteiger partial charge is 0.349 e. The summed E-state index contributed by atoms with van der Waals surface area (Å²) in [6, 6.07) is 11.7. The van der Waals surface area contributed by atoms with Crippen molar-refractivity contribution in [2.75, 3.05) is 0 Å². The van der Waals surface area contributed by atoms with Crippen LogP contribution in [0, 0.1) is 11.3 Å². The molecule has 2 aliphatic rings. The molecule has 1 aromatic carbocycles. The van der Waals surface area contributed by atoms with Crippen molar-refractivity contribution in [2.45, 2.75) is 57.3 Å². The summed E-state index contributed by atoms with van der Waals surface area (Å²) in [6.07, 6.45) is 3.18. The fraction of sp³-hybridized carbons (Fsp3) is 0.409. The van der Waals surface area contributed by atoms with E-state index in [1.165, 1.54) is 18.3 Å². The van der Waals surface area contributed by atoms with Gasteiger partial charge in [0, 0.05) is 16.0 Å². The molecule has 1 atom stereocenters. The zero-order valence-electron chi connectivity index (χ0n) is 16.2. The van der Waals surface area contributed by atoms with Gasteiger partial charge in [-0.15, -0.1) is 11.3 Å². The summed E-state index contributed by atoms with van der Waals surface area (Å²) in [5, 5.41) is 12.3. The molecule has 1 amide bonds. The van der Waals surface area contributed by atoms with E-state index in [1.807, 2.05) is 24.3 Å². The van der Waals surface area contributed by atoms with Crippen LogP contribution in [0.15, 0.2) is 30.3 Å². The average molecular weight is 410 g/mol. The predicted molar refractivity (Wildman–Crippen MR) is 109 cm³/mol. The molecule has 7 heteroatoms. The lowest BCUT2D eigenvalue weighted by molar-refractivity contribution is -0.130. The van der Waals surface area contributed by atoms with E-state index in [2.05, 4.69) is 11.4 Å². The molecule has 1 saturated carbocycles. The number of nitrogens with one attached hydrogen (secondary N) is 1. The van der Waals surface area contributed by atoms with Crippen molar-refractivity contribution in [3.63, 3.8) is 0 Å². The molecule has 1 fully saturated rings. The Bertz CT molecular complexity index is 985. The Kier molecular flexibility index (Phi) is 5.29. The number of esters is 1. The van der Waals surface area contributed by atoms with Crippen molar-refractivity contribution in [1.29, 1.82) is 5.26 Å². The standard InChI is InChI=1S/C22H22N2O4S/c1-14(20(25)24-22(13-23)9-5-2-6-10-22)28-21(26)18-11-15-12-27-17-8-4-3-7-16(17)19(15)29-18/h3-4,7-8,11,14H,2,5-6,9-10,12H2,1H3,(H,24,25)/t14-/m0/s1. The lowest BCUT2D eigenvalue weighted by atomic mass is 9.83. The van der Waals surface area contributed by atoms with Crippen LogP contribution in [0.4, 0.5) is 0 Å². The first-order chi connectivity index (χ1) is 14.0. The molecule has 6 nitrogen and oxygen atoms in total. The van der Waals surface area contributed by atoms with Crippen LogP contribution < -0.4 is 10.1 Å². The zero-order chi connectivity index (χ0) is 20.4. The van der Waals surface area contributed by atoms with Crippen LogP contribution >= 0.6 is 11.3 Å². The maximum Gasteiger partial charge on any atom is 0.349 e. The van der Waals surface area contributed by atoms with Crippen LogP contribution in [0.1, 0.15) is 54.3 Å². The molecular formula is C22H22N2O4S. The van der Waals surface area contributed by atoms with Gasteiger partial charge in [0.05, 0.1) is 6.07 Å². The van der Waals surface area contributed by atoms with Gasteiger partial charge in [0.1, 0.15) is 22.8 Å². The number of hydrogen-bond acceptors (Lipinski definition) is 6. The minimum atomic E-state index is -0.975. The predicted octanol–water partition coefficient (Wildman–Crippen LogP) is 4.20. The van der Waals surface area contributed by atoms with Gasteiger partial charge in [-0.25, -0.2) is 4.79 Å². The van der Waals surface area contributed by atoms with E-state index in [0.29, 0.717) is 24.3 Å². The normalized spacial score (nSPS) is 17.7. The monoisotopic (exact) mass is 410 g/mol. The molecule has 2 aromatic rings. The number of fused-ring (bicyclic) bond motifs is 3. The van der Waals surface area contributed by atoms with Crippen molar-refractivity contribution in [3.05, 3.63) is 40.8 Å². The fourth-order valence-corrected chi connectivity index (χ4v) is 4.91. The maximum absolute atomic E-state index is 12.6. The lowest BCUT2D eigenvalue weighted by Crippen LogP contribution is -2.52. The first kappa shape index (κ1) is 19.5. The highest BCUT2D eigenvalue weighted by Gasteiger charge is 2.35. The van der Waals surface area contributed by atoms with Gasteiger partial charge >= 0.3 is 5.97 Å². The number of nitrogens with zero attached hydrogens (tertiary/aromatic N) is 1. The number of carbonyl (C=O) groups excluding carboxylic acids is 2. The first-order valence-electron chi connectivity index (χ1n) is 9.80. The second-order valence-corrected chi connectivity index (χ2v) is 8.59. The number of rotatable bonds is 4. The Morgan fingerprint density at radius 2 is 2.03 bits per heavy atom. The summed E-state index contributed by atoms with van der Waals surface area (Å²) in [4.78, 5) is 26.6. The minimum Gasteiger partial charge on any atom is -0.488 e. The Morgan fingerprint density at radius 3 is 2.79 bits per heavy atom. The molecular weight excluding hydrogens is 388 g/mol. The Morgan fingerprint density at radius 1 is 1.28 bits per heavy atom.